The van der Waals surface area contributed by atoms with Gasteiger partial charge in [0.1, 0.15) is 5.69 Å². The number of benzene rings is 1. The van der Waals surface area contributed by atoms with E-state index in [9.17, 15) is 4.79 Å². The number of aromatic nitrogens is 3. The Morgan fingerprint density at radius 2 is 1.96 bits per heavy atom. The molecule has 0 N–H and O–H groups in total. The standard InChI is InChI=1S/C19H25N5OS/c1-13-7-8-16-17(14(13)2)21-19(26-16)24(12-6-11-22(3)4)18(25)15-9-10-20-23(15)5/h7-10H,6,11-12H2,1-5H3. The van der Waals surface area contributed by atoms with Gasteiger partial charge in [0, 0.05) is 19.8 Å². The highest BCUT2D eigenvalue weighted by atomic mass is 32.1. The van der Waals surface area contributed by atoms with E-state index in [1.54, 1.807) is 40.2 Å². The van der Waals surface area contributed by atoms with Crippen LogP contribution in [0.4, 0.5) is 5.13 Å². The molecule has 0 aliphatic carbocycles. The Balaban J connectivity index is 1.98. The van der Waals surface area contributed by atoms with Gasteiger partial charge in [-0.05, 0) is 64.2 Å². The van der Waals surface area contributed by atoms with Gasteiger partial charge in [-0.15, -0.1) is 0 Å². The third kappa shape index (κ3) is 3.64. The molecule has 3 rings (SSSR count). The predicted octanol–water partition coefficient (Wildman–Crippen LogP) is 3.25. The van der Waals surface area contributed by atoms with E-state index in [1.165, 1.54) is 11.1 Å². The number of carbonyl (C=O) groups is 1. The van der Waals surface area contributed by atoms with Crippen molar-refractivity contribution in [3.8, 4) is 0 Å². The van der Waals surface area contributed by atoms with Crippen molar-refractivity contribution in [2.45, 2.75) is 20.3 Å². The van der Waals surface area contributed by atoms with Crippen LogP contribution in [-0.2, 0) is 7.05 Å². The molecular formula is C19H25N5OS. The first-order chi connectivity index (χ1) is 12.4. The summed E-state index contributed by atoms with van der Waals surface area (Å²) >= 11 is 1.57. The summed E-state index contributed by atoms with van der Waals surface area (Å²) in [5, 5.41) is 4.88. The van der Waals surface area contributed by atoms with Gasteiger partial charge in [-0.25, -0.2) is 4.98 Å². The predicted molar refractivity (Wildman–Crippen MR) is 107 cm³/mol. The summed E-state index contributed by atoms with van der Waals surface area (Å²) in [5.41, 5.74) is 3.94. The summed E-state index contributed by atoms with van der Waals surface area (Å²) in [6, 6.07) is 5.95. The Morgan fingerprint density at radius 1 is 1.19 bits per heavy atom. The van der Waals surface area contributed by atoms with Crippen molar-refractivity contribution in [3.05, 3.63) is 41.2 Å². The zero-order chi connectivity index (χ0) is 18.8. The molecule has 0 saturated heterocycles. The van der Waals surface area contributed by atoms with Crippen LogP contribution in [0.3, 0.4) is 0 Å². The highest BCUT2D eigenvalue weighted by molar-refractivity contribution is 7.22. The molecule has 2 aromatic heterocycles. The largest absolute Gasteiger partial charge is 0.309 e. The Morgan fingerprint density at radius 3 is 2.62 bits per heavy atom. The molecule has 0 bridgehead atoms. The summed E-state index contributed by atoms with van der Waals surface area (Å²) in [7, 11) is 5.87. The van der Waals surface area contributed by atoms with E-state index in [0.717, 1.165) is 28.3 Å². The second-order valence-corrected chi connectivity index (χ2v) is 7.81. The van der Waals surface area contributed by atoms with Crippen LogP contribution in [0.25, 0.3) is 10.2 Å². The number of hydrogen-bond donors (Lipinski definition) is 0. The topological polar surface area (TPSA) is 54.3 Å². The summed E-state index contributed by atoms with van der Waals surface area (Å²) in [6.45, 7) is 5.71. The molecule has 0 radical (unpaired) electrons. The second kappa shape index (κ2) is 7.55. The lowest BCUT2D eigenvalue weighted by molar-refractivity contribution is 0.0977. The van der Waals surface area contributed by atoms with E-state index < -0.39 is 0 Å². The van der Waals surface area contributed by atoms with Gasteiger partial charge >= 0.3 is 0 Å². The molecule has 7 heteroatoms. The van der Waals surface area contributed by atoms with Gasteiger partial charge in [-0.2, -0.15) is 5.10 Å². The van der Waals surface area contributed by atoms with Gasteiger partial charge in [0.15, 0.2) is 5.13 Å². The lowest BCUT2D eigenvalue weighted by Crippen LogP contribution is -2.34. The first kappa shape index (κ1) is 18.5. The van der Waals surface area contributed by atoms with Crippen LogP contribution in [0.15, 0.2) is 24.4 Å². The summed E-state index contributed by atoms with van der Waals surface area (Å²) in [5.74, 6) is -0.0582. The minimum atomic E-state index is -0.0582. The summed E-state index contributed by atoms with van der Waals surface area (Å²) in [4.78, 5) is 21.9. The molecule has 1 aromatic carbocycles. The molecule has 0 saturated carbocycles. The normalized spacial score (nSPS) is 11.5. The van der Waals surface area contributed by atoms with Gasteiger partial charge in [-0.1, -0.05) is 17.4 Å². The van der Waals surface area contributed by atoms with Crippen molar-refractivity contribution in [2.75, 3.05) is 32.1 Å². The molecule has 0 unspecified atom stereocenters. The van der Waals surface area contributed by atoms with Crippen molar-refractivity contribution in [2.24, 2.45) is 7.05 Å². The molecule has 138 valence electrons. The number of hydrogen-bond acceptors (Lipinski definition) is 5. The first-order valence-electron chi connectivity index (χ1n) is 8.70. The number of amides is 1. The average molecular weight is 372 g/mol. The highest BCUT2D eigenvalue weighted by Crippen LogP contribution is 2.32. The van der Waals surface area contributed by atoms with Crippen LogP contribution in [0.2, 0.25) is 0 Å². The zero-order valence-electron chi connectivity index (χ0n) is 16.0. The Kier molecular flexibility index (Phi) is 5.38. The molecule has 0 spiro atoms. The molecule has 0 aliphatic heterocycles. The second-order valence-electron chi connectivity index (χ2n) is 6.80. The van der Waals surface area contributed by atoms with E-state index in [1.807, 2.05) is 14.1 Å². The van der Waals surface area contributed by atoms with Crippen molar-refractivity contribution in [1.29, 1.82) is 0 Å². The van der Waals surface area contributed by atoms with Gasteiger partial charge < -0.3 is 4.90 Å². The molecule has 1 amide bonds. The Bertz CT molecular complexity index is 927. The molecule has 0 fully saturated rings. The Hall–Kier alpha value is -2.25. The van der Waals surface area contributed by atoms with E-state index in [0.29, 0.717) is 12.2 Å². The number of thiazole rings is 1. The molecule has 0 atom stereocenters. The highest BCUT2D eigenvalue weighted by Gasteiger charge is 2.23. The number of aryl methyl sites for hydroxylation is 3. The van der Waals surface area contributed by atoms with E-state index in [-0.39, 0.29) is 5.91 Å². The van der Waals surface area contributed by atoms with Crippen LogP contribution in [-0.4, -0.2) is 52.8 Å². The fourth-order valence-electron chi connectivity index (χ4n) is 2.88. The monoisotopic (exact) mass is 371 g/mol. The van der Waals surface area contributed by atoms with Crippen molar-refractivity contribution in [1.82, 2.24) is 19.7 Å². The smallest absolute Gasteiger partial charge is 0.278 e. The van der Waals surface area contributed by atoms with Gasteiger partial charge in [0.2, 0.25) is 0 Å². The maximum absolute atomic E-state index is 13.1. The summed E-state index contributed by atoms with van der Waals surface area (Å²) < 4.78 is 2.72. The fraction of sp³-hybridized carbons (Fsp3) is 0.421. The molecule has 0 aliphatic rings. The lowest BCUT2D eigenvalue weighted by atomic mass is 10.1. The van der Waals surface area contributed by atoms with Gasteiger partial charge in [0.05, 0.1) is 10.2 Å². The fourth-order valence-corrected chi connectivity index (χ4v) is 3.93. The maximum Gasteiger partial charge on any atom is 0.278 e. The lowest BCUT2D eigenvalue weighted by Gasteiger charge is -2.21. The van der Waals surface area contributed by atoms with E-state index >= 15 is 0 Å². The van der Waals surface area contributed by atoms with Crippen LogP contribution in [0.1, 0.15) is 28.0 Å². The summed E-state index contributed by atoms with van der Waals surface area (Å²) in [6.07, 6.45) is 2.53. The van der Waals surface area contributed by atoms with Crippen molar-refractivity contribution in [3.63, 3.8) is 0 Å². The minimum absolute atomic E-state index is 0.0582. The maximum atomic E-state index is 13.1. The number of carbonyl (C=O) groups excluding carboxylic acids is 1. The van der Waals surface area contributed by atoms with E-state index in [4.69, 9.17) is 4.98 Å². The molecule has 3 aromatic rings. The first-order valence-corrected chi connectivity index (χ1v) is 9.51. The average Bonchev–Trinajstić information content (AvgIpc) is 3.21. The Labute approximate surface area is 158 Å². The minimum Gasteiger partial charge on any atom is -0.309 e. The van der Waals surface area contributed by atoms with Crippen LogP contribution < -0.4 is 4.90 Å². The van der Waals surface area contributed by atoms with Crippen LogP contribution >= 0.6 is 11.3 Å². The zero-order valence-corrected chi connectivity index (χ0v) is 16.8. The molecule has 2 heterocycles. The van der Waals surface area contributed by atoms with Gasteiger partial charge in [0.25, 0.3) is 5.91 Å². The number of fused-ring (bicyclic) bond motifs is 1. The number of nitrogens with zero attached hydrogens (tertiary/aromatic N) is 5. The molecule has 6 nitrogen and oxygen atoms in total. The molecular weight excluding hydrogens is 346 g/mol. The SMILES string of the molecule is Cc1ccc2sc(N(CCCN(C)C)C(=O)c3ccnn3C)nc2c1C. The third-order valence-corrected chi connectivity index (χ3v) is 5.62. The van der Waals surface area contributed by atoms with Crippen LogP contribution in [0.5, 0.6) is 0 Å². The van der Waals surface area contributed by atoms with Gasteiger partial charge in [-0.3, -0.25) is 14.4 Å². The third-order valence-electron chi connectivity index (χ3n) is 4.58. The van der Waals surface area contributed by atoms with Crippen LogP contribution in [0, 0.1) is 13.8 Å². The number of anilines is 1. The van der Waals surface area contributed by atoms with E-state index in [2.05, 4.69) is 36.0 Å². The van der Waals surface area contributed by atoms with Crippen molar-refractivity contribution >= 4 is 32.6 Å². The number of rotatable bonds is 6. The molecule has 26 heavy (non-hydrogen) atoms. The van der Waals surface area contributed by atoms with Crippen molar-refractivity contribution < 1.29 is 4.79 Å². The quantitative estimate of drug-likeness (QED) is 0.667.